The van der Waals surface area contributed by atoms with E-state index in [1.165, 1.54) is 0 Å². The molecule has 0 bridgehead atoms. The van der Waals surface area contributed by atoms with E-state index >= 15 is 0 Å². The van der Waals surface area contributed by atoms with Gasteiger partial charge in [0, 0.05) is 42.5 Å². The van der Waals surface area contributed by atoms with Crippen LogP contribution in [0, 0.1) is 0 Å². The smallest absolute Gasteiger partial charge is 0.243 e. The number of alkyl halides is 1. The molecule has 7 heteroatoms. The molecule has 0 unspecified atom stereocenters. The highest BCUT2D eigenvalue weighted by atomic mass is 79.9. The topological polar surface area (TPSA) is 40.6 Å². The Labute approximate surface area is 131 Å². The number of hydrogen-bond donors (Lipinski definition) is 0. The van der Waals surface area contributed by atoms with Crippen molar-refractivity contribution in [3.63, 3.8) is 0 Å². The fraction of sp³-hybridized carbons (Fsp3) is 0.500. The SMILES string of the molecule is O=S(=O)(c1ccc(Br)cc1)N1CCN(CCBr)CC1. The second kappa shape index (κ2) is 6.67. The maximum Gasteiger partial charge on any atom is 0.243 e. The first kappa shape index (κ1) is 15.4. The van der Waals surface area contributed by atoms with E-state index in [2.05, 4.69) is 36.8 Å². The second-order valence-electron chi connectivity index (χ2n) is 4.39. The van der Waals surface area contributed by atoms with Crippen LogP contribution in [0.5, 0.6) is 0 Å². The predicted octanol–water partition coefficient (Wildman–Crippen LogP) is 2.15. The van der Waals surface area contributed by atoms with Crippen molar-refractivity contribution in [2.45, 2.75) is 4.90 Å². The molecule has 0 N–H and O–H groups in total. The fourth-order valence-electron chi connectivity index (χ4n) is 2.07. The molecule has 1 fully saturated rings. The molecule has 106 valence electrons. The van der Waals surface area contributed by atoms with Crippen molar-refractivity contribution in [3.05, 3.63) is 28.7 Å². The van der Waals surface area contributed by atoms with E-state index in [1.54, 1.807) is 28.6 Å². The molecule has 1 heterocycles. The van der Waals surface area contributed by atoms with Crippen molar-refractivity contribution in [2.24, 2.45) is 0 Å². The van der Waals surface area contributed by atoms with E-state index in [1.807, 2.05) is 0 Å². The van der Waals surface area contributed by atoms with Crippen LogP contribution in [0.3, 0.4) is 0 Å². The van der Waals surface area contributed by atoms with Crippen LogP contribution in [-0.4, -0.2) is 55.7 Å². The summed E-state index contributed by atoms with van der Waals surface area (Å²) in [6, 6.07) is 6.80. The normalized spacial score (nSPS) is 18.6. The summed E-state index contributed by atoms with van der Waals surface area (Å²) in [5, 5.41) is 0.923. The summed E-state index contributed by atoms with van der Waals surface area (Å²) >= 11 is 6.72. The van der Waals surface area contributed by atoms with Gasteiger partial charge < -0.3 is 0 Å². The third-order valence-electron chi connectivity index (χ3n) is 3.18. The van der Waals surface area contributed by atoms with Gasteiger partial charge in [0.2, 0.25) is 10.0 Å². The molecule has 1 aliphatic heterocycles. The van der Waals surface area contributed by atoms with Gasteiger partial charge in [-0.3, -0.25) is 4.90 Å². The molecule has 1 aromatic carbocycles. The molecule has 0 atom stereocenters. The van der Waals surface area contributed by atoms with Gasteiger partial charge in [-0.25, -0.2) is 8.42 Å². The van der Waals surface area contributed by atoms with E-state index in [4.69, 9.17) is 0 Å². The molecule has 2 rings (SSSR count). The van der Waals surface area contributed by atoms with Crippen molar-refractivity contribution in [1.29, 1.82) is 0 Å². The van der Waals surface area contributed by atoms with Gasteiger partial charge in [0.05, 0.1) is 4.90 Å². The Hall–Kier alpha value is 0.0500. The molecule has 1 aromatic rings. The Balaban J connectivity index is 2.07. The molecule has 0 spiro atoms. The Kier molecular flexibility index (Phi) is 5.42. The van der Waals surface area contributed by atoms with E-state index in [0.717, 1.165) is 29.4 Å². The summed E-state index contributed by atoms with van der Waals surface area (Å²) in [4.78, 5) is 2.63. The number of halogens is 2. The first-order chi connectivity index (χ1) is 9.04. The summed E-state index contributed by atoms with van der Waals surface area (Å²) in [5.41, 5.74) is 0. The van der Waals surface area contributed by atoms with Gasteiger partial charge in [-0.2, -0.15) is 4.31 Å². The van der Waals surface area contributed by atoms with E-state index in [9.17, 15) is 8.42 Å². The van der Waals surface area contributed by atoms with Crippen molar-refractivity contribution in [1.82, 2.24) is 9.21 Å². The number of benzene rings is 1. The Morgan fingerprint density at radius 1 is 1.05 bits per heavy atom. The quantitative estimate of drug-likeness (QED) is 0.712. The molecule has 0 saturated carbocycles. The molecule has 0 aliphatic carbocycles. The van der Waals surface area contributed by atoms with Crippen LogP contribution in [0.4, 0.5) is 0 Å². The minimum atomic E-state index is -3.34. The molecule has 1 saturated heterocycles. The molecule has 0 radical (unpaired) electrons. The predicted molar refractivity (Wildman–Crippen MR) is 83.1 cm³/mol. The molecule has 1 aliphatic rings. The van der Waals surface area contributed by atoms with Crippen molar-refractivity contribution < 1.29 is 8.42 Å². The van der Waals surface area contributed by atoms with E-state index in [0.29, 0.717) is 18.0 Å². The van der Waals surface area contributed by atoms with Gasteiger partial charge in [-0.15, -0.1) is 0 Å². The minimum absolute atomic E-state index is 0.365. The van der Waals surface area contributed by atoms with E-state index < -0.39 is 10.0 Å². The summed E-state index contributed by atoms with van der Waals surface area (Å²) in [6.45, 7) is 3.67. The van der Waals surface area contributed by atoms with Crippen LogP contribution in [0.1, 0.15) is 0 Å². The fourth-order valence-corrected chi connectivity index (χ4v) is 4.26. The molecule has 19 heavy (non-hydrogen) atoms. The zero-order valence-electron chi connectivity index (χ0n) is 10.4. The Bertz CT molecular complexity index is 511. The summed E-state index contributed by atoms with van der Waals surface area (Å²) in [6.07, 6.45) is 0. The number of piperazine rings is 1. The Morgan fingerprint density at radius 2 is 1.63 bits per heavy atom. The van der Waals surface area contributed by atoms with E-state index in [-0.39, 0.29) is 0 Å². The lowest BCUT2D eigenvalue weighted by atomic mass is 10.4. The highest BCUT2D eigenvalue weighted by Gasteiger charge is 2.27. The highest BCUT2D eigenvalue weighted by Crippen LogP contribution is 2.20. The maximum atomic E-state index is 12.4. The van der Waals surface area contributed by atoms with Crippen LogP contribution in [0.15, 0.2) is 33.6 Å². The standard InChI is InChI=1S/C12H16Br2N2O2S/c13-5-6-15-7-9-16(10-8-15)19(17,18)12-3-1-11(14)2-4-12/h1-4H,5-10H2. The van der Waals surface area contributed by atoms with Gasteiger partial charge >= 0.3 is 0 Å². The average Bonchev–Trinajstić information content (AvgIpc) is 2.40. The van der Waals surface area contributed by atoms with Crippen LogP contribution < -0.4 is 0 Å². The second-order valence-corrected chi connectivity index (χ2v) is 8.04. The molecule has 4 nitrogen and oxygen atoms in total. The summed E-state index contributed by atoms with van der Waals surface area (Å²) in [5.74, 6) is 0. The number of sulfonamides is 1. The van der Waals surface area contributed by atoms with Crippen molar-refractivity contribution in [2.75, 3.05) is 38.1 Å². The summed E-state index contributed by atoms with van der Waals surface area (Å²) in [7, 11) is -3.34. The third kappa shape index (κ3) is 3.78. The minimum Gasteiger partial charge on any atom is -0.300 e. The Morgan fingerprint density at radius 3 is 2.16 bits per heavy atom. The van der Waals surface area contributed by atoms with Crippen LogP contribution in [-0.2, 0) is 10.0 Å². The number of hydrogen-bond acceptors (Lipinski definition) is 3. The largest absolute Gasteiger partial charge is 0.300 e. The highest BCUT2D eigenvalue weighted by molar-refractivity contribution is 9.10. The summed E-state index contributed by atoms with van der Waals surface area (Å²) < 4.78 is 27.3. The third-order valence-corrected chi connectivity index (χ3v) is 5.98. The lowest BCUT2D eigenvalue weighted by Crippen LogP contribution is -2.48. The first-order valence-electron chi connectivity index (χ1n) is 6.08. The van der Waals surface area contributed by atoms with Gasteiger partial charge in [0.15, 0.2) is 0 Å². The maximum absolute atomic E-state index is 12.4. The molecule has 0 aromatic heterocycles. The van der Waals surface area contributed by atoms with Gasteiger partial charge in [-0.05, 0) is 24.3 Å². The van der Waals surface area contributed by atoms with Gasteiger partial charge in [0.25, 0.3) is 0 Å². The van der Waals surface area contributed by atoms with Gasteiger partial charge in [-0.1, -0.05) is 31.9 Å². The van der Waals surface area contributed by atoms with Crippen LogP contribution >= 0.6 is 31.9 Å². The number of rotatable bonds is 4. The lowest BCUT2D eigenvalue weighted by Gasteiger charge is -2.33. The zero-order valence-corrected chi connectivity index (χ0v) is 14.4. The average molecular weight is 412 g/mol. The first-order valence-corrected chi connectivity index (χ1v) is 9.43. The van der Waals surface area contributed by atoms with Crippen molar-refractivity contribution >= 4 is 41.9 Å². The molecular formula is C12H16Br2N2O2S. The lowest BCUT2D eigenvalue weighted by molar-refractivity contribution is 0.198. The zero-order chi connectivity index (χ0) is 13.9. The number of nitrogens with zero attached hydrogens (tertiary/aromatic N) is 2. The van der Waals surface area contributed by atoms with Crippen molar-refractivity contribution in [3.8, 4) is 0 Å². The molecular weight excluding hydrogens is 396 g/mol. The van der Waals surface area contributed by atoms with Gasteiger partial charge in [0.1, 0.15) is 0 Å². The van der Waals surface area contributed by atoms with Crippen LogP contribution in [0.2, 0.25) is 0 Å². The molecule has 0 amide bonds. The van der Waals surface area contributed by atoms with Crippen LogP contribution in [0.25, 0.3) is 0 Å². The monoisotopic (exact) mass is 410 g/mol.